The lowest BCUT2D eigenvalue weighted by Gasteiger charge is -2.19. The van der Waals surface area contributed by atoms with Gasteiger partial charge in [-0.2, -0.15) is 0 Å². The molecule has 0 saturated carbocycles. The molecule has 0 saturated heterocycles. The maximum atomic E-state index is 12.6. The van der Waals surface area contributed by atoms with Crippen molar-refractivity contribution in [2.24, 2.45) is 10.8 Å². The van der Waals surface area contributed by atoms with Gasteiger partial charge in [0.25, 0.3) is 10.0 Å². The number of amides is 3. The summed E-state index contributed by atoms with van der Waals surface area (Å²) < 4.78 is 27.6. The number of anilines is 7. The number of nitrogen functional groups attached to an aromatic ring is 3. The Hall–Kier alpha value is -4.78. The number of hydrogen-bond acceptors (Lipinski definition) is 8. The molecule has 3 aromatic rings. The zero-order chi connectivity index (χ0) is 32.8. The molecule has 13 heteroatoms. The Bertz CT molecular complexity index is 1590. The molecule has 0 aliphatic heterocycles. The first-order valence-corrected chi connectivity index (χ1v) is 14.8. The highest BCUT2D eigenvalue weighted by Gasteiger charge is 2.23. The summed E-state index contributed by atoms with van der Waals surface area (Å²) in [5.41, 5.74) is 19.2. The van der Waals surface area contributed by atoms with Crippen molar-refractivity contribution < 1.29 is 22.8 Å². The summed E-state index contributed by atoms with van der Waals surface area (Å²) in [5, 5.41) is 8.02. The number of nitrogens with one attached hydrogen (secondary N) is 4. The second-order valence-electron chi connectivity index (χ2n) is 11.9. The van der Waals surface area contributed by atoms with Gasteiger partial charge < -0.3 is 33.2 Å². The van der Waals surface area contributed by atoms with Crippen LogP contribution >= 0.6 is 0 Å². The predicted octanol–water partition coefficient (Wildman–Crippen LogP) is 4.85. The Balaban J connectivity index is 0.000000362. The quantitative estimate of drug-likeness (QED) is 0.191. The van der Waals surface area contributed by atoms with Crippen LogP contribution in [0.3, 0.4) is 0 Å². The maximum absolute atomic E-state index is 12.6. The van der Waals surface area contributed by atoms with E-state index in [0.717, 1.165) is 0 Å². The molecule has 43 heavy (non-hydrogen) atoms. The van der Waals surface area contributed by atoms with Gasteiger partial charge in [0.1, 0.15) is 0 Å². The minimum atomic E-state index is -3.86. The van der Waals surface area contributed by atoms with Crippen LogP contribution in [0.25, 0.3) is 0 Å². The van der Waals surface area contributed by atoms with Gasteiger partial charge in [0.15, 0.2) is 0 Å². The van der Waals surface area contributed by atoms with Crippen molar-refractivity contribution >= 4 is 67.6 Å². The summed E-state index contributed by atoms with van der Waals surface area (Å²) in [4.78, 5) is 34.9. The van der Waals surface area contributed by atoms with Crippen LogP contribution < -0.4 is 37.9 Å². The number of rotatable bonds is 6. The minimum Gasteiger partial charge on any atom is -0.399 e. The number of benzene rings is 3. The van der Waals surface area contributed by atoms with Crippen LogP contribution in [0.5, 0.6) is 0 Å². The van der Waals surface area contributed by atoms with Gasteiger partial charge >= 0.3 is 0 Å². The first-order valence-electron chi connectivity index (χ1n) is 13.3. The van der Waals surface area contributed by atoms with E-state index in [0.29, 0.717) is 34.1 Å². The van der Waals surface area contributed by atoms with Crippen LogP contribution in [-0.2, 0) is 24.4 Å². The van der Waals surface area contributed by atoms with Crippen molar-refractivity contribution in [3.63, 3.8) is 0 Å². The lowest BCUT2D eigenvalue weighted by molar-refractivity contribution is -0.123. The zero-order valence-electron chi connectivity index (χ0n) is 25.5. The molecule has 0 aromatic heterocycles. The van der Waals surface area contributed by atoms with Crippen molar-refractivity contribution in [1.82, 2.24) is 0 Å². The Labute approximate surface area is 252 Å². The second kappa shape index (κ2) is 13.5. The largest absolute Gasteiger partial charge is 0.399 e. The molecule has 0 heterocycles. The first kappa shape index (κ1) is 34.4. The molecule has 0 aliphatic carbocycles. The van der Waals surface area contributed by atoms with Crippen molar-refractivity contribution in [3.05, 3.63) is 60.7 Å². The molecule has 0 radical (unpaired) electrons. The molecule has 232 valence electrons. The van der Waals surface area contributed by atoms with E-state index in [1.165, 1.54) is 49.4 Å². The van der Waals surface area contributed by atoms with Crippen molar-refractivity contribution in [3.8, 4) is 0 Å². The van der Waals surface area contributed by atoms with E-state index in [1.54, 1.807) is 39.0 Å². The molecule has 0 unspecified atom stereocenters. The first-order chi connectivity index (χ1) is 19.7. The molecule has 0 fully saturated rings. The van der Waals surface area contributed by atoms with Gasteiger partial charge in [0, 0.05) is 29.1 Å². The van der Waals surface area contributed by atoms with E-state index >= 15 is 0 Å². The topological polar surface area (TPSA) is 212 Å². The van der Waals surface area contributed by atoms with Gasteiger partial charge in [0.2, 0.25) is 17.7 Å². The molecule has 12 nitrogen and oxygen atoms in total. The van der Waals surface area contributed by atoms with Crippen LogP contribution in [0, 0.1) is 10.8 Å². The lowest BCUT2D eigenvalue weighted by atomic mass is 9.95. The predicted molar refractivity (Wildman–Crippen MR) is 174 cm³/mol. The Morgan fingerprint density at radius 3 is 1.53 bits per heavy atom. The standard InChI is InChI=1S/C19H24N4O4S.C11H17N3O/c1-12(24)21-13-5-8-15(9-6-13)28(26,27)23-14-7-10-16(20)17(11-14)22-18(25)19(2,3)4;1-11(2,3)10(15)14-9-6-7(12)4-5-8(9)13/h5-11,23H,20H2,1-4H3,(H,21,24)(H,22,25);4-6H,12-13H2,1-3H3,(H,14,15). The van der Waals surface area contributed by atoms with Crippen LogP contribution in [0.1, 0.15) is 48.5 Å². The molecule has 0 atom stereocenters. The van der Waals surface area contributed by atoms with E-state index in [4.69, 9.17) is 17.2 Å². The monoisotopic (exact) mass is 611 g/mol. The molecule has 0 aliphatic rings. The van der Waals surface area contributed by atoms with Crippen molar-refractivity contribution in [2.45, 2.75) is 53.4 Å². The fourth-order valence-electron chi connectivity index (χ4n) is 3.16. The van der Waals surface area contributed by atoms with Crippen LogP contribution in [-0.4, -0.2) is 26.1 Å². The highest BCUT2D eigenvalue weighted by atomic mass is 32.2. The number of carbonyl (C=O) groups excluding carboxylic acids is 3. The van der Waals surface area contributed by atoms with Crippen molar-refractivity contribution in [2.75, 3.05) is 37.9 Å². The van der Waals surface area contributed by atoms with Crippen molar-refractivity contribution in [1.29, 1.82) is 0 Å². The molecular formula is C30H41N7O5S. The smallest absolute Gasteiger partial charge is 0.261 e. The SMILES string of the molecule is CC(=O)Nc1ccc(S(=O)(=O)Nc2ccc(N)c(NC(=O)C(C)(C)C)c2)cc1.CC(C)(C)C(=O)Nc1cc(N)ccc1N. The van der Waals surface area contributed by atoms with Gasteiger partial charge in [-0.25, -0.2) is 8.42 Å². The molecule has 3 rings (SSSR count). The number of sulfonamides is 1. The molecular weight excluding hydrogens is 570 g/mol. The number of nitrogens with two attached hydrogens (primary N) is 3. The highest BCUT2D eigenvalue weighted by molar-refractivity contribution is 7.92. The average Bonchev–Trinajstić information content (AvgIpc) is 2.87. The molecule has 3 aromatic carbocycles. The Kier molecular flexibility index (Phi) is 10.8. The molecule has 10 N–H and O–H groups in total. The van der Waals surface area contributed by atoms with E-state index < -0.39 is 20.9 Å². The van der Waals surface area contributed by atoms with E-state index in [1.807, 2.05) is 20.8 Å². The lowest BCUT2D eigenvalue weighted by Crippen LogP contribution is -2.28. The van der Waals surface area contributed by atoms with Crippen LogP contribution in [0.4, 0.5) is 39.8 Å². The fraction of sp³-hybridized carbons (Fsp3) is 0.300. The third kappa shape index (κ3) is 10.5. The minimum absolute atomic E-state index is 0.0266. The third-order valence-electron chi connectivity index (χ3n) is 5.73. The van der Waals surface area contributed by atoms with Crippen LogP contribution in [0.15, 0.2) is 65.6 Å². The van der Waals surface area contributed by atoms with E-state index in [9.17, 15) is 22.8 Å². The highest BCUT2D eigenvalue weighted by Crippen LogP contribution is 2.28. The summed E-state index contributed by atoms with van der Waals surface area (Å²) >= 11 is 0. The molecule has 0 bridgehead atoms. The number of hydrogen-bond donors (Lipinski definition) is 7. The third-order valence-corrected chi connectivity index (χ3v) is 7.12. The summed E-state index contributed by atoms with van der Waals surface area (Å²) in [6.45, 7) is 12.2. The summed E-state index contributed by atoms with van der Waals surface area (Å²) in [5.74, 6) is -0.576. The van der Waals surface area contributed by atoms with Gasteiger partial charge in [-0.15, -0.1) is 0 Å². The number of carbonyl (C=O) groups is 3. The van der Waals surface area contributed by atoms with E-state index in [2.05, 4.69) is 20.7 Å². The van der Waals surface area contributed by atoms with Gasteiger partial charge in [0.05, 0.1) is 33.3 Å². The maximum Gasteiger partial charge on any atom is 0.261 e. The molecule has 3 amide bonds. The fourth-order valence-corrected chi connectivity index (χ4v) is 4.21. The zero-order valence-corrected chi connectivity index (χ0v) is 26.3. The second-order valence-corrected chi connectivity index (χ2v) is 13.6. The molecule has 0 spiro atoms. The summed E-state index contributed by atoms with van der Waals surface area (Å²) in [6, 6.07) is 15.3. The Morgan fingerprint density at radius 1 is 0.628 bits per heavy atom. The van der Waals surface area contributed by atoms with E-state index in [-0.39, 0.29) is 28.3 Å². The average molecular weight is 612 g/mol. The normalized spacial score (nSPS) is 11.4. The van der Waals surface area contributed by atoms with Gasteiger partial charge in [-0.1, -0.05) is 41.5 Å². The Morgan fingerprint density at radius 2 is 1.07 bits per heavy atom. The summed E-state index contributed by atoms with van der Waals surface area (Å²) in [7, 11) is -3.86. The summed E-state index contributed by atoms with van der Waals surface area (Å²) in [6.07, 6.45) is 0. The van der Waals surface area contributed by atoms with Gasteiger partial charge in [-0.05, 0) is 60.7 Å². The van der Waals surface area contributed by atoms with Gasteiger partial charge in [-0.3, -0.25) is 19.1 Å². The van der Waals surface area contributed by atoms with Crippen LogP contribution in [0.2, 0.25) is 0 Å².